The van der Waals surface area contributed by atoms with Gasteiger partial charge in [0.2, 0.25) is 6.41 Å². The Hall–Kier alpha value is -3.77. The van der Waals surface area contributed by atoms with Gasteiger partial charge in [-0.15, -0.1) is 0 Å². The molecule has 0 bridgehead atoms. The molecule has 1 amide bonds. The average Bonchev–Trinajstić information content (AvgIpc) is 2.81. The molecule has 180 valence electrons. The molecule has 0 radical (unpaired) electrons. The molecule has 1 aromatic rings. The van der Waals surface area contributed by atoms with E-state index in [1.165, 1.54) is 12.1 Å². The molecule has 1 unspecified atom stereocenters. The van der Waals surface area contributed by atoms with Crippen LogP contribution in [0.15, 0.2) is 58.0 Å². The molecule has 9 heteroatoms. The maximum atomic E-state index is 14.3. The highest BCUT2D eigenvalue weighted by Crippen LogP contribution is 2.28. The minimum Gasteiger partial charge on any atom is -0.402 e. The van der Waals surface area contributed by atoms with Gasteiger partial charge in [-0.1, -0.05) is 6.08 Å². The first-order valence-corrected chi connectivity index (χ1v) is 11.1. The molecule has 0 aromatic heterocycles. The normalized spacial score (nSPS) is 15.0. The van der Waals surface area contributed by atoms with Crippen LogP contribution in [-0.2, 0) is 4.79 Å². The summed E-state index contributed by atoms with van der Waals surface area (Å²) in [7, 11) is 1.67. The van der Waals surface area contributed by atoms with Crippen molar-refractivity contribution in [3.8, 4) is 6.07 Å². The molecule has 0 aliphatic heterocycles. The van der Waals surface area contributed by atoms with Crippen LogP contribution in [-0.4, -0.2) is 43.0 Å². The van der Waals surface area contributed by atoms with Gasteiger partial charge < -0.3 is 21.7 Å². The summed E-state index contributed by atoms with van der Waals surface area (Å²) < 4.78 is 14.3. The third-order valence-corrected chi connectivity index (χ3v) is 5.56. The van der Waals surface area contributed by atoms with Crippen molar-refractivity contribution in [2.24, 2.45) is 16.5 Å². The molecule has 2 rings (SSSR count). The van der Waals surface area contributed by atoms with Gasteiger partial charge in [0.25, 0.3) is 0 Å². The first kappa shape index (κ1) is 26.5. The number of nitrogens with zero attached hydrogens (tertiary/aromatic N) is 3. The van der Waals surface area contributed by atoms with Crippen molar-refractivity contribution >= 4 is 18.5 Å². The van der Waals surface area contributed by atoms with E-state index >= 15 is 0 Å². The summed E-state index contributed by atoms with van der Waals surface area (Å²) in [5.74, 6) is -0.571. The molecule has 34 heavy (non-hydrogen) atoms. The van der Waals surface area contributed by atoms with Crippen molar-refractivity contribution < 1.29 is 9.18 Å². The minimum absolute atomic E-state index is 0.0672. The number of carbonyl (C=O) groups excluding carboxylic acids is 1. The summed E-state index contributed by atoms with van der Waals surface area (Å²) >= 11 is 0. The highest BCUT2D eigenvalue weighted by molar-refractivity contribution is 5.99. The maximum absolute atomic E-state index is 14.3. The van der Waals surface area contributed by atoms with E-state index in [9.17, 15) is 9.18 Å². The van der Waals surface area contributed by atoms with Crippen LogP contribution < -0.4 is 16.8 Å². The zero-order valence-corrected chi connectivity index (χ0v) is 19.6. The van der Waals surface area contributed by atoms with E-state index in [2.05, 4.69) is 10.3 Å². The molecule has 0 fully saturated rings. The number of nitriles is 1. The van der Waals surface area contributed by atoms with Crippen molar-refractivity contribution in [3.63, 3.8) is 0 Å². The van der Waals surface area contributed by atoms with Crippen LogP contribution in [0, 0.1) is 22.6 Å². The quantitative estimate of drug-likeness (QED) is 0.172. The van der Waals surface area contributed by atoms with Crippen LogP contribution in [0.5, 0.6) is 0 Å². The van der Waals surface area contributed by atoms with E-state index in [4.69, 9.17) is 22.1 Å². The summed E-state index contributed by atoms with van der Waals surface area (Å²) in [5.41, 5.74) is 15.7. The van der Waals surface area contributed by atoms with E-state index in [1.54, 1.807) is 30.3 Å². The predicted octanol–water partition coefficient (Wildman–Crippen LogP) is 3.06. The predicted molar refractivity (Wildman–Crippen MR) is 132 cm³/mol. The van der Waals surface area contributed by atoms with Gasteiger partial charge in [-0.2, -0.15) is 5.26 Å². The number of allylic oxidation sites excluding steroid dienone is 6. The topological polar surface area (TPSA) is 144 Å². The standard InChI is InChI=1S/C25H32FN7O/c1-17(4-3-5-21(28)10-11-32-16-34)33(22-8-9-24(29)20(12-22)15-31-2)25(30)18-6-7-19(14-27)23(26)13-18/h4,6-7,12-13,15-16,21,30H,3,5,8-11,28-29H2,1-2H3,(H,32,34)/b17-4+,30-25?,31-15?. The molecular formula is C25H32FN7O. The largest absolute Gasteiger partial charge is 0.402 e. The second kappa shape index (κ2) is 13.1. The van der Waals surface area contributed by atoms with Crippen molar-refractivity contribution in [1.82, 2.24) is 10.2 Å². The SMILES string of the molecule is CN=CC1=C(N)CCC(N(C(=N)c2ccc(C#N)c(F)c2)/C(C)=C/CCC(N)CCNC=O)=C1. The first-order valence-electron chi connectivity index (χ1n) is 11.1. The van der Waals surface area contributed by atoms with Gasteiger partial charge in [-0.3, -0.25) is 15.2 Å². The van der Waals surface area contributed by atoms with E-state index in [-0.39, 0.29) is 17.4 Å². The molecular weight excluding hydrogens is 433 g/mol. The molecule has 8 nitrogen and oxygen atoms in total. The Balaban J connectivity index is 2.35. The number of nitrogens with one attached hydrogen (secondary N) is 2. The van der Waals surface area contributed by atoms with Crippen molar-refractivity contribution in [2.75, 3.05) is 13.6 Å². The Morgan fingerprint density at radius 2 is 2.18 bits per heavy atom. The number of nitrogens with two attached hydrogens (primary N) is 2. The molecule has 0 heterocycles. The lowest BCUT2D eigenvalue weighted by molar-refractivity contribution is -0.109. The Bertz CT molecular complexity index is 1070. The van der Waals surface area contributed by atoms with Crippen LogP contribution >= 0.6 is 0 Å². The van der Waals surface area contributed by atoms with Crippen LogP contribution in [0.4, 0.5) is 4.39 Å². The zero-order valence-electron chi connectivity index (χ0n) is 19.6. The number of amides is 1. The maximum Gasteiger partial charge on any atom is 0.207 e. The lowest BCUT2D eigenvalue weighted by atomic mass is 9.99. The Morgan fingerprint density at radius 3 is 2.82 bits per heavy atom. The number of halogens is 1. The number of amidine groups is 1. The molecule has 6 N–H and O–H groups in total. The van der Waals surface area contributed by atoms with Crippen LogP contribution in [0.2, 0.25) is 0 Å². The average molecular weight is 466 g/mol. The fourth-order valence-electron chi connectivity index (χ4n) is 3.69. The number of hydrogen-bond acceptors (Lipinski definition) is 6. The molecule has 0 spiro atoms. The third-order valence-electron chi connectivity index (χ3n) is 5.56. The van der Waals surface area contributed by atoms with Crippen LogP contribution in [0.25, 0.3) is 0 Å². The van der Waals surface area contributed by atoms with Gasteiger partial charge >= 0.3 is 0 Å². The van der Waals surface area contributed by atoms with E-state index in [0.29, 0.717) is 50.6 Å². The van der Waals surface area contributed by atoms with Crippen LogP contribution in [0.3, 0.4) is 0 Å². The molecule has 1 aromatic carbocycles. The number of benzene rings is 1. The smallest absolute Gasteiger partial charge is 0.207 e. The van der Waals surface area contributed by atoms with E-state index < -0.39 is 5.82 Å². The van der Waals surface area contributed by atoms with Gasteiger partial charge in [0.15, 0.2) is 0 Å². The fraction of sp³-hybridized carbons (Fsp3) is 0.360. The second-order valence-electron chi connectivity index (χ2n) is 8.04. The lowest BCUT2D eigenvalue weighted by Gasteiger charge is -2.31. The Morgan fingerprint density at radius 1 is 1.41 bits per heavy atom. The molecule has 1 aliphatic rings. The first-order chi connectivity index (χ1) is 16.3. The van der Waals surface area contributed by atoms with Gasteiger partial charge in [-0.25, -0.2) is 4.39 Å². The summed E-state index contributed by atoms with van der Waals surface area (Å²) in [4.78, 5) is 16.2. The number of carbonyl (C=O) groups is 1. The summed E-state index contributed by atoms with van der Waals surface area (Å²) in [6.45, 7) is 2.42. The fourth-order valence-corrected chi connectivity index (χ4v) is 3.69. The Kier molecular flexibility index (Phi) is 10.2. The van der Waals surface area contributed by atoms with E-state index in [0.717, 1.165) is 22.7 Å². The monoisotopic (exact) mass is 465 g/mol. The molecule has 0 saturated carbocycles. The van der Waals surface area contributed by atoms with Crippen molar-refractivity contribution in [3.05, 3.63) is 70.0 Å². The number of rotatable bonds is 11. The summed E-state index contributed by atoms with van der Waals surface area (Å²) in [5, 5.41) is 20.5. The van der Waals surface area contributed by atoms with Gasteiger partial charge in [0, 0.05) is 54.1 Å². The summed E-state index contributed by atoms with van der Waals surface area (Å²) in [6, 6.07) is 5.90. The number of aliphatic imine (C=N–C) groups is 1. The van der Waals surface area contributed by atoms with Crippen molar-refractivity contribution in [2.45, 2.75) is 45.1 Å². The van der Waals surface area contributed by atoms with Gasteiger partial charge in [-0.05, 0) is 63.3 Å². The highest BCUT2D eigenvalue weighted by Gasteiger charge is 2.22. The summed E-state index contributed by atoms with van der Waals surface area (Å²) in [6.07, 6.45) is 9.51. The van der Waals surface area contributed by atoms with Gasteiger partial charge in [0.1, 0.15) is 17.7 Å². The minimum atomic E-state index is -0.665. The van der Waals surface area contributed by atoms with Crippen LogP contribution in [0.1, 0.15) is 50.2 Å². The molecule has 1 aliphatic carbocycles. The van der Waals surface area contributed by atoms with E-state index in [1.807, 2.05) is 19.1 Å². The second-order valence-corrected chi connectivity index (χ2v) is 8.04. The zero-order chi connectivity index (χ0) is 25.1. The molecule has 0 saturated heterocycles. The third kappa shape index (κ3) is 7.12. The number of hydrogen-bond donors (Lipinski definition) is 4. The molecule has 1 atom stereocenters. The van der Waals surface area contributed by atoms with Gasteiger partial charge in [0.05, 0.1) is 5.56 Å². The van der Waals surface area contributed by atoms with Crippen molar-refractivity contribution in [1.29, 1.82) is 10.7 Å². The highest BCUT2D eigenvalue weighted by atomic mass is 19.1. The Labute approximate surface area is 200 Å². The lowest BCUT2D eigenvalue weighted by Crippen LogP contribution is -2.31.